The third-order valence-corrected chi connectivity index (χ3v) is 4.27. The zero-order chi connectivity index (χ0) is 16.2. The Labute approximate surface area is 138 Å². The van der Waals surface area contributed by atoms with Crippen molar-refractivity contribution in [2.24, 2.45) is 0 Å². The van der Waals surface area contributed by atoms with Crippen LogP contribution in [0, 0.1) is 13.8 Å². The smallest absolute Gasteiger partial charge is 0.255 e. The third kappa shape index (κ3) is 4.20. The first-order chi connectivity index (χ1) is 11.1. The molecule has 3 nitrogen and oxygen atoms in total. The second-order valence-corrected chi connectivity index (χ2v) is 6.51. The molecule has 0 aliphatic carbocycles. The lowest BCUT2D eigenvalue weighted by Gasteiger charge is -2.15. The predicted octanol–water partition coefficient (Wildman–Crippen LogP) is 4.15. The molecular weight excluding hydrogens is 284 g/mol. The molecule has 120 valence electrons. The van der Waals surface area contributed by atoms with Gasteiger partial charge in [-0.3, -0.25) is 9.69 Å². The maximum absolute atomic E-state index is 12.5. The van der Waals surface area contributed by atoms with E-state index in [2.05, 4.69) is 28.4 Å². The van der Waals surface area contributed by atoms with Crippen molar-refractivity contribution in [2.75, 3.05) is 18.4 Å². The number of hydrogen-bond acceptors (Lipinski definition) is 2. The number of nitrogens with zero attached hydrogens (tertiary/aromatic N) is 1. The molecule has 1 aliphatic rings. The summed E-state index contributed by atoms with van der Waals surface area (Å²) in [7, 11) is 0. The van der Waals surface area contributed by atoms with Crippen LogP contribution in [0.3, 0.4) is 0 Å². The van der Waals surface area contributed by atoms with Crippen molar-refractivity contribution in [1.82, 2.24) is 4.90 Å². The average Bonchev–Trinajstić information content (AvgIpc) is 2.99. The molecule has 0 saturated carbocycles. The summed E-state index contributed by atoms with van der Waals surface area (Å²) in [5.41, 5.74) is 5.05. The maximum atomic E-state index is 12.5. The Bertz CT molecular complexity index is 682. The van der Waals surface area contributed by atoms with Crippen LogP contribution in [0.2, 0.25) is 0 Å². The topological polar surface area (TPSA) is 32.3 Å². The number of likely N-dealkylation sites (tertiary alicyclic amines) is 1. The van der Waals surface area contributed by atoms with E-state index < -0.39 is 0 Å². The van der Waals surface area contributed by atoms with Gasteiger partial charge >= 0.3 is 0 Å². The third-order valence-electron chi connectivity index (χ3n) is 4.27. The van der Waals surface area contributed by atoms with Gasteiger partial charge in [-0.25, -0.2) is 0 Å². The average molecular weight is 308 g/mol. The fourth-order valence-electron chi connectivity index (χ4n) is 3.26. The molecule has 1 aliphatic heterocycles. The number of anilines is 1. The number of nitrogens with one attached hydrogen (secondary N) is 1. The van der Waals surface area contributed by atoms with Crippen LogP contribution in [-0.4, -0.2) is 23.9 Å². The van der Waals surface area contributed by atoms with Crippen LogP contribution in [0.15, 0.2) is 42.5 Å². The number of rotatable bonds is 4. The molecule has 2 aromatic carbocycles. The van der Waals surface area contributed by atoms with Crippen molar-refractivity contribution >= 4 is 11.6 Å². The zero-order valence-corrected chi connectivity index (χ0v) is 13.9. The Morgan fingerprint density at radius 2 is 1.74 bits per heavy atom. The van der Waals surface area contributed by atoms with E-state index in [0.29, 0.717) is 5.56 Å². The molecule has 0 aromatic heterocycles. The first kappa shape index (κ1) is 15.8. The lowest BCUT2D eigenvalue weighted by molar-refractivity contribution is 0.102. The fraction of sp³-hybridized carbons (Fsp3) is 0.350. The minimum absolute atomic E-state index is 0.0462. The van der Waals surface area contributed by atoms with Gasteiger partial charge in [-0.2, -0.15) is 0 Å². The zero-order valence-electron chi connectivity index (χ0n) is 13.9. The van der Waals surface area contributed by atoms with Crippen LogP contribution in [0.1, 0.15) is 39.9 Å². The second kappa shape index (κ2) is 6.97. The summed E-state index contributed by atoms with van der Waals surface area (Å²) in [5, 5.41) is 3.02. The van der Waals surface area contributed by atoms with E-state index in [1.54, 1.807) is 0 Å². The van der Waals surface area contributed by atoms with Gasteiger partial charge in [-0.05, 0) is 69.6 Å². The Morgan fingerprint density at radius 3 is 2.43 bits per heavy atom. The van der Waals surface area contributed by atoms with E-state index in [1.807, 2.05) is 38.1 Å². The molecule has 1 saturated heterocycles. The highest BCUT2D eigenvalue weighted by Gasteiger charge is 2.12. The molecule has 1 amide bonds. The molecule has 3 rings (SSSR count). The Morgan fingerprint density at radius 1 is 1.04 bits per heavy atom. The number of hydrogen-bond donors (Lipinski definition) is 1. The highest BCUT2D eigenvalue weighted by atomic mass is 16.1. The lowest BCUT2D eigenvalue weighted by Crippen LogP contribution is -2.18. The molecule has 1 fully saturated rings. The summed E-state index contributed by atoms with van der Waals surface area (Å²) in [6, 6.07) is 14.1. The largest absolute Gasteiger partial charge is 0.322 e. The highest BCUT2D eigenvalue weighted by molar-refractivity contribution is 6.04. The Balaban J connectivity index is 1.70. The van der Waals surface area contributed by atoms with Crippen LogP contribution in [0.5, 0.6) is 0 Å². The molecule has 0 radical (unpaired) electrons. The predicted molar refractivity (Wildman–Crippen MR) is 94.8 cm³/mol. The van der Waals surface area contributed by atoms with Crippen LogP contribution in [-0.2, 0) is 6.54 Å². The van der Waals surface area contributed by atoms with Crippen molar-refractivity contribution in [2.45, 2.75) is 33.2 Å². The van der Waals surface area contributed by atoms with E-state index in [0.717, 1.165) is 23.4 Å². The molecule has 0 atom stereocenters. The van der Waals surface area contributed by atoms with Crippen molar-refractivity contribution in [3.63, 3.8) is 0 Å². The molecule has 0 spiro atoms. The SMILES string of the molecule is Cc1cc(C)cc(C(=O)Nc2cccc(CN3CCCC3)c2)c1. The van der Waals surface area contributed by atoms with Gasteiger partial charge in [0.1, 0.15) is 0 Å². The van der Waals surface area contributed by atoms with Crippen molar-refractivity contribution in [3.05, 3.63) is 64.7 Å². The summed E-state index contributed by atoms with van der Waals surface area (Å²) in [5.74, 6) is -0.0462. The number of amides is 1. The summed E-state index contributed by atoms with van der Waals surface area (Å²) in [6.45, 7) is 7.35. The van der Waals surface area contributed by atoms with Gasteiger partial charge < -0.3 is 5.32 Å². The van der Waals surface area contributed by atoms with Crippen molar-refractivity contribution in [1.29, 1.82) is 0 Å². The Kier molecular flexibility index (Phi) is 4.77. The molecule has 23 heavy (non-hydrogen) atoms. The minimum Gasteiger partial charge on any atom is -0.322 e. The van der Waals surface area contributed by atoms with Crippen LogP contribution in [0.25, 0.3) is 0 Å². The van der Waals surface area contributed by atoms with E-state index in [-0.39, 0.29) is 5.91 Å². The first-order valence-electron chi connectivity index (χ1n) is 8.31. The molecule has 0 unspecified atom stereocenters. The van der Waals surface area contributed by atoms with Gasteiger partial charge in [0.2, 0.25) is 0 Å². The maximum Gasteiger partial charge on any atom is 0.255 e. The number of aryl methyl sites for hydroxylation is 2. The van der Waals surface area contributed by atoms with E-state index >= 15 is 0 Å². The van der Waals surface area contributed by atoms with Gasteiger partial charge in [-0.1, -0.05) is 29.3 Å². The van der Waals surface area contributed by atoms with Gasteiger partial charge in [0.25, 0.3) is 5.91 Å². The van der Waals surface area contributed by atoms with E-state index in [4.69, 9.17) is 0 Å². The van der Waals surface area contributed by atoms with Gasteiger partial charge in [-0.15, -0.1) is 0 Å². The Hall–Kier alpha value is -2.13. The number of carbonyl (C=O) groups is 1. The summed E-state index contributed by atoms with van der Waals surface area (Å²) >= 11 is 0. The van der Waals surface area contributed by atoms with Crippen molar-refractivity contribution in [3.8, 4) is 0 Å². The van der Waals surface area contributed by atoms with Crippen LogP contribution >= 0.6 is 0 Å². The quantitative estimate of drug-likeness (QED) is 0.920. The monoisotopic (exact) mass is 308 g/mol. The van der Waals surface area contributed by atoms with Gasteiger partial charge in [0, 0.05) is 17.8 Å². The number of carbonyl (C=O) groups excluding carboxylic acids is 1. The summed E-state index contributed by atoms with van der Waals surface area (Å²) in [4.78, 5) is 14.9. The highest BCUT2D eigenvalue weighted by Crippen LogP contribution is 2.17. The van der Waals surface area contributed by atoms with Crippen LogP contribution in [0.4, 0.5) is 5.69 Å². The molecule has 2 aromatic rings. The number of benzene rings is 2. The molecule has 1 N–H and O–H groups in total. The second-order valence-electron chi connectivity index (χ2n) is 6.51. The van der Waals surface area contributed by atoms with Crippen molar-refractivity contribution < 1.29 is 4.79 Å². The molecule has 3 heteroatoms. The van der Waals surface area contributed by atoms with E-state index in [9.17, 15) is 4.79 Å². The lowest BCUT2D eigenvalue weighted by atomic mass is 10.1. The molecule has 1 heterocycles. The van der Waals surface area contributed by atoms with Crippen LogP contribution < -0.4 is 5.32 Å². The normalized spacial score (nSPS) is 14.9. The van der Waals surface area contributed by atoms with Gasteiger partial charge in [0.15, 0.2) is 0 Å². The molecular formula is C20H24N2O. The summed E-state index contributed by atoms with van der Waals surface area (Å²) in [6.07, 6.45) is 2.59. The van der Waals surface area contributed by atoms with Gasteiger partial charge in [0.05, 0.1) is 0 Å². The first-order valence-corrected chi connectivity index (χ1v) is 8.31. The standard InChI is InChI=1S/C20H24N2O/c1-15-10-16(2)12-18(11-15)20(23)21-19-7-5-6-17(13-19)14-22-8-3-4-9-22/h5-7,10-13H,3-4,8-9,14H2,1-2H3,(H,21,23). The minimum atomic E-state index is -0.0462. The molecule has 0 bridgehead atoms. The van der Waals surface area contributed by atoms with E-state index in [1.165, 1.54) is 31.5 Å². The fourth-order valence-corrected chi connectivity index (χ4v) is 3.26. The summed E-state index contributed by atoms with van der Waals surface area (Å²) < 4.78 is 0.